The first-order chi connectivity index (χ1) is 15.8. The molecule has 1 aromatic carbocycles. The van der Waals surface area contributed by atoms with Crippen LogP contribution in [0.3, 0.4) is 0 Å². The van der Waals surface area contributed by atoms with Crippen LogP contribution in [0.15, 0.2) is 18.2 Å². The minimum atomic E-state index is -1.45. The second-order valence-corrected chi connectivity index (χ2v) is 12.4. The summed E-state index contributed by atoms with van der Waals surface area (Å²) in [5.74, 6) is 1.29. The fourth-order valence-electron chi connectivity index (χ4n) is 2.83. The van der Waals surface area contributed by atoms with Gasteiger partial charge in [0.1, 0.15) is 12.7 Å². The summed E-state index contributed by atoms with van der Waals surface area (Å²) in [6.45, 7) is 7.97. The van der Waals surface area contributed by atoms with Crippen LogP contribution in [-0.2, 0) is 14.4 Å². The van der Waals surface area contributed by atoms with Crippen LogP contribution < -0.4 is 8.92 Å². The quantitative estimate of drug-likeness (QED) is 0.145. The molecule has 0 amide bonds. The minimum absolute atomic E-state index is 0.0520. The lowest BCUT2D eigenvalue weighted by molar-refractivity contribution is -0.790. The van der Waals surface area contributed by atoms with Gasteiger partial charge in [-0.1, -0.05) is 17.2 Å². The van der Waals surface area contributed by atoms with Gasteiger partial charge in [0.2, 0.25) is 0 Å². The van der Waals surface area contributed by atoms with Crippen LogP contribution in [0.1, 0.15) is 57.3 Å². The molecule has 194 valence electrons. The Hall–Kier alpha value is -2.96. The van der Waals surface area contributed by atoms with Crippen molar-refractivity contribution in [1.82, 2.24) is 0 Å². The van der Waals surface area contributed by atoms with E-state index >= 15 is 0 Å². The summed E-state index contributed by atoms with van der Waals surface area (Å²) in [4.78, 5) is 41.6. The Bertz CT molecular complexity index is 845. The predicted octanol–water partition coefficient (Wildman–Crippen LogP) is 4.35. The molecule has 0 fully saturated rings. The second-order valence-electron chi connectivity index (χ2n) is 8.46. The van der Waals surface area contributed by atoms with Crippen molar-refractivity contribution in [2.24, 2.45) is 0 Å². The molecule has 0 heterocycles. The number of carbonyl (C=O) groups is 1. The first-order valence-electron chi connectivity index (χ1n) is 10.7. The van der Waals surface area contributed by atoms with Crippen molar-refractivity contribution in [1.29, 1.82) is 0 Å². The van der Waals surface area contributed by atoms with Gasteiger partial charge in [-0.2, -0.15) is 0 Å². The first-order valence-corrected chi connectivity index (χ1v) is 12.8. The molecule has 2 atom stereocenters. The molecule has 2 unspecified atom stereocenters. The Kier molecular flexibility index (Phi) is 11.2. The van der Waals surface area contributed by atoms with Gasteiger partial charge < -0.3 is 23.3 Å². The average molecular weight is 507 g/mol. The molecule has 12 nitrogen and oxygen atoms in total. The number of hydrogen-bond donors (Lipinski definition) is 0. The van der Waals surface area contributed by atoms with E-state index in [0.29, 0.717) is 29.9 Å². The van der Waals surface area contributed by atoms with Crippen LogP contribution in [0.2, 0.25) is 0 Å². The number of nitrogens with zero attached hydrogens (tertiary/aromatic N) is 2. The third kappa shape index (κ3) is 9.12. The van der Waals surface area contributed by atoms with E-state index in [1.807, 2.05) is 0 Å². The van der Waals surface area contributed by atoms with Gasteiger partial charge in [0.15, 0.2) is 11.5 Å². The SMILES string of the molecule is CCS(C)(Oc1ccc(C(=O)OCCCCC(CO[N+](=O)[O-])O[N+](=O)[O-])cc1OC)C(C)(C)C. The molecule has 1 rings (SSSR count). The zero-order valence-corrected chi connectivity index (χ0v) is 21.3. The first kappa shape index (κ1) is 29.1. The molecular weight excluding hydrogens is 472 g/mol. The highest BCUT2D eigenvalue weighted by atomic mass is 32.3. The Labute approximate surface area is 200 Å². The summed E-state index contributed by atoms with van der Waals surface area (Å²) in [7, 11) is 0.0482. The Balaban J connectivity index is 2.65. The van der Waals surface area contributed by atoms with E-state index < -0.39 is 39.2 Å². The zero-order valence-electron chi connectivity index (χ0n) is 20.4. The summed E-state index contributed by atoms with van der Waals surface area (Å²) in [5, 5.41) is 18.7. The average Bonchev–Trinajstić information content (AvgIpc) is 2.75. The molecule has 0 saturated heterocycles. The molecule has 0 bridgehead atoms. The summed E-state index contributed by atoms with van der Waals surface area (Å²) < 4.78 is 17.0. The molecule has 0 spiro atoms. The van der Waals surface area contributed by atoms with Crippen LogP contribution >= 0.6 is 10.3 Å². The van der Waals surface area contributed by atoms with Gasteiger partial charge in [0.05, 0.1) is 19.3 Å². The molecular formula is C21H34N2O10S. The Morgan fingerprint density at radius 3 is 2.32 bits per heavy atom. The maximum Gasteiger partial charge on any atom is 0.338 e. The van der Waals surface area contributed by atoms with Gasteiger partial charge >= 0.3 is 5.97 Å². The Morgan fingerprint density at radius 1 is 1.12 bits per heavy atom. The van der Waals surface area contributed by atoms with E-state index in [4.69, 9.17) is 13.7 Å². The van der Waals surface area contributed by atoms with Crippen LogP contribution in [0.25, 0.3) is 0 Å². The van der Waals surface area contributed by atoms with Crippen LogP contribution in [0.4, 0.5) is 0 Å². The maximum atomic E-state index is 12.4. The number of esters is 1. The van der Waals surface area contributed by atoms with E-state index in [1.54, 1.807) is 18.2 Å². The predicted molar refractivity (Wildman–Crippen MR) is 126 cm³/mol. The molecule has 0 saturated carbocycles. The highest BCUT2D eigenvalue weighted by Gasteiger charge is 2.34. The van der Waals surface area contributed by atoms with Gasteiger partial charge in [0.25, 0.3) is 10.2 Å². The van der Waals surface area contributed by atoms with Gasteiger partial charge in [-0.05, 0) is 64.5 Å². The van der Waals surface area contributed by atoms with E-state index in [-0.39, 0.29) is 17.8 Å². The Morgan fingerprint density at radius 2 is 1.79 bits per heavy atom. The highest BCUT2D eigenvalue weighted by Crippen LogP contribution is 2.57. The summed E-state index contributed by atoms with van der Waals surface area (Å²) in [6, 6.07) is 4.86. The van der Waals surface area contributed by atoms with Gasteiger partial charge in [-0.25, -0.2) is 4.79 Å². The van der Waals surface area contributed by atoms with Crippen molar-refractivity contribution in [2.75, 3.05) is 32.3 Å². The monoisotopic (exact) mass is 506 g/mol. The van der Waals surface area contributed by atoms with Gasteiger partial charge in [-0.15, -0.1) is 20.2 Å². The molecule has 0 aliphatic rings. The molecule has 13 heteroatoms. The van der Waals surface area contributed by atoms with Crippen molar-refractivity contribution in [3.05, 3.63) is 44.0 Å². The summed E-state index contributed by atoms with van der Waals surface area (Å²) >= 11 is 0. The number of ether oxygens (including phenoxy) is 2. The van der Waals surface area contributed by atoms with E-state index in [1.165, 1.54) is 7.11 Å². The fourth-order valence-corrected chi connectivity index (χ4v) is 4.60. The number of methoxy groups -OCH3 is 1. The van der Waals surface area contributed by atoms with E-state index in [2.05, 4.69) is 43.6 Å². The molecule has 0 aliphatic carbocycles. The minimum Gasteiger partial charge on any atom is -0.493 e. The standard InChI is InChI=1S/C21H34N2O10S/c1-7-34(6,21(2,3)4)33-18-12-11-16(14-19(18)29-5)20(24)30-13-9-8-10-17(32-23(27)28)15-31-22(25)26/h11-12,14,17H,7-10,13,15H2,1-6H3. The molecule has 0 radical (unpaired) electrons. The highest BCUT2D eigenvalue weighted by molar-refractivity contribution is 8.30. The van der Waals surface area contributed by atoms with Crippen molar-refractivity contribution in [2.45, 2.75) is 57.8 Å². The number of rotatable bonds is 15. The zero-order chi connectivity index (χ0) is 25.9. The fraction of sp³-hybridized carbons (Fsp3) is 0.667. The van der Waals surface area contributed by atoms with Crippen molar-refractivity contribution in [3.63, 3.8) is 0 Å². The lowest BCUT2D eigenvalue weighted by atomic mass is 10.1. The largest absolute Gasteiger partial charge is 0.493 e. The lowest BCUT2D eigenvalue weighted by Crippen LogP contribution is -2.29. The number of carbonyl (C=O) groups excluding carboxylic acids is 1. The molecule has 0 aliphatic heterocycles. The van der Waals surface area contributed by atoms with Crippen LogP contribution in [0, 0.1) is 20.2 Å². The smallest absolute Gasteiger partial charge is 0.338 e. The number of benzene rings is 1. The van der Waals surface area contributed by atoms with Crippen LogP contribution in [-0.4, -0.2) is 59.3 Å². The summed E-state index contributed by atoms with van der Waals surface area (Å²) in [5.41, 5.74) is 0.294. The van der Waals surface area contributed by atoms with E-state index in [9.17, 15) is 25.0 Å². The normalized spacial score (nSPS) is 14.8. The molecule has 0 aromatic heterocycles. The molecule has 1 aromatic rings. The topological polar surface area (TPSA) is 150 Å². The molecule has 0 N–H and O–H groups in total. The van der Waals surface area contributed by atoms with Crippen molar-refractivity contribution >= 4 is 16.3 Å². The van der Waals surface area contributed by atoms with Crippen molar-refractivity contribution < 1.29 is 38.3 Å². The van der Waals surface area contributed by atoms with Crippen LogP contribution in [0.5, 0.6) is 11.5 Å². The third-order valence-electron chi connectivity index (χ3n) is 5.27. The van der Waals surface area contributed by atoms with Gasteiger partial charge in [0, 0.05) is 10.5 Å². The van der Waals surface area contributed by atoms with E-state index in [0.717, 1.165) is 5.75 Å². The van der Waals surface area contributed by atoms with Gasteiger partial charge in [-0.3, -0.25) is 0 Å². The number of unbranched alkanes of at least 4 members (excludes halogenated alkanes) is 1. The third-order valence-corrected chi connectivity index (χ3v) is 9.51. The lowest BCUT2D eigenvalue weighted by Gasteiger charge is -2.46. The maximum absolute atomic E-state index is 12.4. The second kappa shape index (κ2) is 13.1. The van der Waals surface area contributed by atoms with Crippen molar-refractivity contribution in [3.8, 4) is 11.5 Å². The summed E-state index contributed by atoms with van der Waals surface area (Å²) in [6.07, 6.45) is 1.90. The molecule has 34 heavy (non-hydrogen) atoms. The number of hydrogen-bond acceptors (Lipinski definition) is 10.